The number of hydrogen-bond donors (Lipinski definition) is 0. The lowest BCUT2D eigenvalue weighted by atomic mass is 10.2. The fourth-order valence-corrected chi connectivity index (χ4v) is 1.95. The van der Waals surface area contributed by atoms with Crippen molar-refractivity contribution in [2.45, 2.75) is 32.8 Å². The number of hydrogen-bond acceptors (Lipinski definition) is 1. The van der Waals surface area contributed by atoms with Gasteiger partial charge in [0.05, 0.1) is 13.2 Å². The molecule has 0 aromatic heterocycles. The molecule has 1 aromatic carbocycles. The molecular weight excluding hydrogens is 276 g/mol. The molecule has 1 nitrogen and oxygen atoms in total. The van der Waals surface area contributed by atoms with Crippen molar-refractivity contribution in [3.8, 4) is 0 Å². The molecule has 0 radical (unpaired) electrons. The molecule has 0 atom stereocenters. The van der Waals surface area contributed by atoms with Gasteiger partial charge in [-0.3, -0.25) is 0 Å². The quantitative estimate of drug-likeness (QED) is 0.383. The van der Waals surface area contributed by atoms with Gasteiger partial charge in [-0.1, -0.05) is 57.9 Å². The van der Waals surface area contributed by atoms with Gasteiger partial charge < -0.3 is 4.74 Å². The van der Waals surface area contributed by atoms with Crippen LogP contribution in [0.15, 0.2) is 42.0 Å². The third-order valence-electron chi connectivity index (χ3n) is 2.52. The molecular formula is C15H21BrO. The van der Waals surface area contributed by atoms with E-state index in [1.165, 1.54) is 24.0 Å². The second-order valence-corrected chi connectivity index (χ2v) is 5.01. The Hall–Kier alpha value is -0.600. The van der Waals surface area contributed by atoms with E-state index < -0.39 is 0 Å². The number of benzene rings is 1. The lowest BCUT2D eigenvalue weighted by Crippen LogP contribution is -1.96. The van der Waals surface area contributed by atoms with Gasteiger partial charge in [0, 0.05) is 5.33 Å². The molecule has 94 valence electrons. The van der Waals surface area contributed by atoms with Crippen LogP contribution in [0.25, 0.3) is 0 Å². The molecule has 0 aliphatic heterocycles. The zero-order chi connectivity index (χ0) is 12.3. The normalized spacial score (nSPS) is 11.8. The van der Waals surface area contributed by atoms with Gasteiger partial charge in [0.2, 0.25) is 0 Å². The first kappa shape index (κ1) is 14.5. The molecule has 0 fully saturated rings. The standard InChI is InChI=1S/C15H21BrO/c1-14(8-4-3-7-11-16)12-17-13-15-9-5-2-6-10-15/h2,5-6,8-10H,3-4,7,11-13H2,1H3/b14-8+. The van der Waals surface area contributed by atoms with Gasteiger partial charge in [0.1, 0.15) is 0 Å². The van der Waals surface area contributed by atoms with Crippen LogP contribution >= 0.6 is 15.9 Å². The molecule has 0 N–H and O–H groups in total. The zero-order valence-electron chi connectivity index (χ0n) is 10.5. The molecule has 0 saturated heterocycles. The Bertz CT molecular complexity index is 319. The van der Waals surface area contributed by atoms with Crippen LogP contribution in [0.4, 0.5) is 0 Å². The molecule has 0 spiro atoms. The van der Waals surface area contributed by atoms with E-state index in [0.717, 1.165) is 18.4 Å². The Balaban J connectivity index is 2.13. The monoisotopic (exact) mass is 296 g/mol. The third kappa shape index (κ3) is 7.35. The number of rotatable bonds is 8. The number of alkyl halides is 1. The summed E-state index contributed by atoms with van der Waals surface area (Å²) < 4.78 is 5.66. The number of unbranched alkanes of at least 4 members (excludes halogenated alkanes) is 2. The summed E-state index contributed by atoms with van der Waals surface area (Å²) in [4.78, 5) is 0. The largest absolute Gasteiger partial charge is 0.372 e. The predicted molar refractivity (Wildman–Crippen MR) is 77.5 cm³/mol. The summed E-state index contributed by atoms with van der Waals surface area (Å²) in [6.45, 7) is 3.58. The summed E-state index contributed by atoms with van der Waals surface area (Å²) in [5, 5.41) is 1.10. The van der Waals surface area contributed by atoms with Crippen molar-refractivity contribution < 1.29 is 4.74 Å². The summed E-state index contributed by atoms with van der Waals surface area (Å²) in [5.41, 5.74) is 2.56. The predicted octanol–water partition coefficient (Wildman–Crippen LogP) is 4.71. The van der Waals surface area contributed by atoms with Gasteiger partial charge in [-0.15, -0.1) is 0 Å². The number of allylic oxidation sites excluding steroid dienone is 1. The molecule has 0 saturated carbocycles. The fraction of sp³-hybridized carbons (Fsp3) is 0.467. The summed E-state index contributed by atoms with van der Waals surface area (Å²) in [6.07, 6.45) is 5.94. The van der Waals surface area contributed by atoms with Crippen LogP contribution in [-0.4, -0.2) is 11.9 Å². The molecule has 0 bridgehead atoms. The van der Waals surface area contributed by atoms with Crippen LogP contribution in [0.2, 0.25) is 0 Å². The van der Waals surface area contributed by atoms with Gasteiger partial charge >= 0.3 is 0 Å². The molecule has 0 aliphatic carbocycles. The first-order chi connectivity index (χ1) is 8.33. The minimum absolute atomic E-state index is 0.702. The number of halogens is 1. The van der Waals surface area contributed by atoms with Gasteiger partial charge in [-0.2, -0.15) is 0 Å². The second-order valence-electron chi connectivity index (χ2n) is 4.21. The van der Waals surface area contributed by atoms with Crippen LogP contribution in [0, 0.1) is 0 Å². The lowest BCUT2D eigenvalue weighted by Gasteiger charge is -2.04. The Morgan fingerprint density at radius 2 is 2.00 bits per heavy atom. The first-order valence-electron chi connectivity index (χ1n) is 6.16. The Morgan fingerprint density at radius 1 is 1.24 bits per heavy atom. The topological polar surface area (TPSA) is 9.23 Å². The van der Waals surface area contributed by atoms with Gasteiger partial charge in [0.25, 0.3) is 0 Å². The van der Waals surface area contributed by atoms with Crippen LogP contribution in [0.1, 0.15) is 31.7 Å². The molecule has 0 unspecified atom stereocenters. The zero-order valence-corrected chi connectivity index (χ0v) is 12.1. The fourth-order valence-electron chi connectivity index (χ4n) is 1.55. The highest BCUT2D eigenvalue weighted by Gasteiger charge is 1.93. The van der Waals surface area contributed by atoms with Crippen molar-refractivity contribution in [3.05, 3.63) is 47.5 Å². The molecule has 0 heterocycles. The Morgan fingerprint density at radius 3 is 2.71 bits per heavy atom. The molecule has 0 amide bonds. The maximum Gasteiger partial charge on any atom is 0.0721 e. The Kier molecular flexibility index (Phi) is 8.02. The van der Waals surface area contributed by atoms with E-state index in [4.69, 9.17) is 4.74 Å². The molecule has 2 heteroatoms. The van der Waals surface area contributed by atoms with E-state index >= 15 is 0 Å². The van der Waals surface area contributed by atoms with Crippen molar-refractivity contribution >= 4 is 15.9 Å². The van der Waals surface area contributed by atoms with E-state index in [1.54, 1.807) is 0 Å². The summed E-state index contributed by atoms with van der Waals surface area (Å²) >= 11 is 3.44. The van der Waals surface area contributed by atoms with Crippen LogP contribution in [-0.2, 0) is 11.3 Å². The van der Waals surface area contributed by atoms with Crippen molar-refractivity contribution in [1.82, 2.24) is 0 Å². The smallest absolute Gasteiger partial charge is 0.0721 e. The molecule has 0 aliphatic rings. The van der Waals surface area contributed by atoms with Crippen molar-refractivity contribution in [2.24, 2.45) is 0 Å². The van der Waals surface area contributed by atoms with Crippen molar-refractivity contribution in [3.63, 3.8) is 0 Å². The maximum atomic E-state index is 5.66. The highest BCUT2D eigenvalue weighted by molar-refractivity contribution is 9.09. The van der Waals surface area contributed by atoms with E-state index in [1.807, 2.05) is 18.2 Å². The minimum atomic E-state index is 0.702. The highest BCUT2D eigenvalue weighted by Crippen LogP contribution is 2.05. The summed E-state index contributed by atoms with van der Waals surface area (Å²) in [7, 11) is 0. The van der Waals surface area contributed by atoms with Gasteiger partial charge in [-0.05, 0) is 31.7 Å². The maximum absolute atomic E-state index is 5.66. The average molecular weight is 297 g/mol. The van der Waals surface area contributed by atoms with Crippen molar-refractivity contribution in [1.29, 1.82) is 0 Å². The Labute approximate surface area is 113 Å². The van der Waals surface area contributed by atoms with Crippen LogP contribution in [0.5, 0.6) is 0 Å². The second kappa shape index (κ2) is 9.43. The summed E-state index contributed by atoms with van der Waals surface area (Å²) in [5.74, 6) is 0. The van der Waals surface area contributed by atoms with E-state index in [0.29, 0.717) is 6.61 Å². The van der Waals surface area contributed by atoms with Crippen LogP contribution in [0.3, 0.4) is 0 Å². The van der Waals surface area contributed by atoms with Gasteiger partial charge in [0.15, 0.2) is 0 Å². The first-order valence-corrected chi connectivity index (χ1v) is 7.28. The average Bonchev–Trinajstić information content (AvgIpc) is 2.36. The number of ether oxygens (including phenoxy) is 1. The van der Waals surface area contributed by atoms with E-state index in [2.05, 4.69) is 41.1 Å². The lowest BCUT2D eigenvalue weighted by molar-refractivity contribution is 0.142. The van der Waals surface area contributed by atoms with Crippen molar-refractivity contribution in [2.75, 3.05) is 11.9 Å². The molecule has 17 heavy (non-hydrogen) atoms. The van der Waals surface area contributed by atoms with Gasteiger partial charge in [-0.25, -0.2) is 0 Å². The third-order valence-corrected chi connectivity index (χ3v) is 3.08. The molecule has 1 rings (SSSR count). The molecule has 1 aromatic rings. The SMILES string of the molecule is C/C(=C\CCCCBr)COCc1ccccc1. The minimum Gasteiger partial charge on any atom is -0.372 e. The van der Waals surface area contributed by atoms with E-state index in [-0.39, 0.29) is 0 Å². The highest BCUT2D eigenvalue weighted by atomic mass is 79.9. The summed E-state index contributed by atoms with van der Waals surface area (Å²) in [6, 6.07) is 10.3. The van der Waals surface area contributed by atoms with E-state index in [9.17, 15) is 0 Å². The van der Waals surface area contributed by atoms with Crippen LogP contribution < -0.4 is 0 Å².